The van der Waals surface area contributed by atoms with Gasteiger partial charge in [0.2, 0.25) is 0 Å². The van der Waals surface area contributed by atoms with Crippen LogP contribution in [0.4, 0.5) is 0 Å². The van der Waals surface area contributed by atoms with Crippen LogP contribution in [0.3, 0.4) is 0 Å². The van der Waals surface area contributed by atoms with Crippen LogP contribution in [0.15, 0.2) is 16.8 Å². The minimum absolute atomic E-state index is 0.215. The number of hydrogen-bond donors (Lipinski definition) is 1. The normalized spacial score (nSPS) is 12.2. The molecule has 1 rings (SSSR count). The molecule has 0 aliphatic carbocycles. The second-order valence-corrected chi connectivity index (χ2v) is 5.51. The Balaban J connectivity index is 2.33. The van der Waals surface area contributed by atoms with Crippen molar-refractivity contribution in [1.29, 1.82) is 0 Å². The number of hydrogen-bond acceptors (Lipinski definition) is 4. The molecule has 1 heterocycles. The number of nitrogens with zero attached hydrogens (tertiary/aromatic N) is 1. The van der Waals surface area contributed by atoms with Crippen molar-refractivity contribution >= 4 is 21.5 Å². The summed E-state index contributed by atoms with van der Waals surface area (Å²) < 4.78 is 29.5. The Morgan fingerprint density at radius 3 is 2.79 bits per heavy atom. The highest BCUT2D eigenvalue weighted by molar-refractivity contribution is 7.85. The lowest BCUT2D eigenvalue weighted by Crippen LogP contribution is -2.24. The van der Waals surface area contributed by atoms with E-state index in [0.29, 0.717) is 13.1 Å². The lowest BCUT2D eigenvalue weighted by molar-refractivity contribution is 0.342. The summed E-state index contributed by atoms with van der Waals surface area (Å²) in [4.78, 5) is 1.86. The first-order valence-electron chi connectivity index (χ1n) is 4.12. The molecule has 14 heavy (non-hydrogen) atoms. The lowest BCUT2D eigenvalue weighted by atomic mass is 10.3. The Morgan fingerprint density at radius 2 is 2.29 bits per heavy atom. The van der Waals surface area contributed by atoms with Crippen molar-refractivity contribution in [2.45, 2.75) is 6.54 Å². The van der Waals surface area contributed by atoms with E-state index in [0.717, 1.165) is 5.56 Å². The first-order valence-corrected chi connectivity index (χ1v) is 6.67. The van der Waals surface area contributed by atoms with Crippen LogP contribution < -0.4 is 0 Å². The number of rotatable bonds is 5. The summed E-state index contributed by atoms with van der Waals surface area (Å²) in [6.45, 7) is 1.05. The second kappa shape index (κ2) is 4.88. The van der Waals surface area contributed by atoms with Crippen LogP contribution in [0.5, 0.6) is 0 Å². The fraction of sp³-hybridized carbons (Fsp3) is 0.500. The van der Waals surface area contributed by atoms with Crippen molar-refractivity contribution in [2.75, 3.05) is 19.3 Å². The molecule has 0 saturated heterocycles. The fourth-order valence-electron chi connectivity index (χ4n) is 1.04. The first-order chi connectivity index (χ1) is 6.47. The molecule has 0 aromatic carbocycles. The molecule has 0 fully saturated rings. The van der Waals surface area contributed by atoms with E-state index in [4.69, 9.17) is 4.55 Å². The van der Waals surface area contributed by atoms with Gasteiger partial charge in [-0.25, -0.2) is 0 Å². The molecule has 0 atom stereocenters. The minimum Gasteiger partial charge on any atom is -0.301 e. The minimum atomic E-state index is -3.84. The average molecular weight is 235 g/mol. The zero-order chi connectivity index (χ0) is 10.6. The van der Waals surface area contributed by atoms with Gasteiger partial charge in [-0.05, 0) is 29.4 Å². The molecule has 0 aliphatic heterocycles. The zero-order valence-corrected chi connectivity index (χ0v) is 9.51. The van der Waals surface area contributed by atoms with Gasteiger partial charge in [0.1, 0.15) is 0 Å². The first kappa shape index (κ1) is 11.6. The van der Waals surface area contributed by atoms with Gasteiger partial charge in [-0.15, -0.1) is 0 Å². The van der Waals surface area contributed by atoms with Gasteiger partial charge < -0.3 is 4.90 Å². The van der Waals surface area contributed by atoms with E-state index in [-0.39, 0.29) is 5.75 Å². The van der Waals surface area contributed by atoms with Crippen molar-refractivity contribution in [3.63, 3.8) is 0 Å². The van der Waals surface area contributed by atoms with Gasteiger partial charge in [0.15, 0.2) is 0 Å². The molecule has 80 valence electrons. The molecular formula is C8H13NO3S2. The smallest absolute Gasteiger partial charge is 0.266 e. The molecule has 0 aliphatic rings. The van der Waals surface area contributed by atoms with E-state index in [1.807, 2.05) is 28.8 Å². The Kier molecular flexibility index (Phi) is 4.06. The summed E-state index contributed by atoms with van der Waals surface area (Å²) >= 11 is 1.61. The highest BCUT2D eigenvalue weighted by Crippen LogP contribution is 2.08. The highest BCUT2D eigenvalue weighted by Gasteiger charge is 2.07. The van der Waals surface area contributed by atoms with E-state index in [9.17, 15) is 8.42 Å². The molecule has 0 radical (unpaired) electrons. The average Bonchev–Trinajstić information content (AvgIpc) is 2.52. The molecule has 0 spiro atoms. The maximum atomic E-state index is 10.5. The Labute approximate surface area is 87.9 Å². The second-order valence-electron chi connectivity index (χ2n) is 3.16. The summed E-state index contributed by atoms with van der Waals surface area (Å²) in [5.74, 6) is -0.215. The topological polar surface area (TPSA) is 57.6 Å². The summed E-state index contributed by atoms with van der Waals surface area (Å²) in [6.07, 6.45) is 0. The molecule has 0 unspecified atom stereocenters. The molecule has 1 N–H and O–H groups in total. The van der Waals surface area contributed by atoms with Crippen molar-refractivity contribution in [1.82, 2.24) is 4.90 Å². The number of thiophene rings is 1. The van der Waals surface area contributed by atoms with Crippen LogP contribution >= 0.6 is 11.3 Å². The van der Waals surface area contributed by atoms with Crippen molar-refractivity contribution in [3.05, 3.63) is 22.4 Å². The van der Waals surface area contributed by atoms with E-state index in [1.54, 1.807) is 11.3 Å². The van der Waals surface area contributed by atoms with Crippen molar-refractivity contribution < 1.29 is 13.0 Å². The van der Waals surface area contributed by atoms with Gasteiger partial charge in [-0.1, -0.05) is 0 Å². The molecular weight excluding hydrogens is 222 g/mol. The molecule has 0 bridgehead atoms. The van der Waals surface area contributed by atoms with Crippen LogP contribution in [0.1, 0.15) is 5.56 Å². The van der Waals surface area contributed by atoms with Gasteiger partial charge in [0, 0.05) is 13.1 Å². The van der Waals surface area contributed by atoms with E-state index in [1.165, 1.54) is 0 Å². The fourth-order valence-corrected chi connectivity index (χ4v) is 2.25. The van der Waals surface area contributed by atoms with Gasteiger partial charge in [0.05, 0.1) is 5.75 Å². The highest BCUT2D eigenvalue weighted by atomic mass is 32.2. The standard InChI is InChI=1S/C8H13NO3S2/c1-9(3-5-14(10,11)12)6-8-2-4-13-7-8/h2,4,7H,3,5-6H2,1H3,(H,10,11,12). The molecule has 0 saturated carbocycles. The zero-order valence-electron chi connectivity index (χ0n) is 7.88. The molecule has 4 nitrogen and oxygen atoms in total. The monoisotopic (exact) mass is 235 g/mol. The Morgan fingerprint density at radius 1 is 1.57 bits per heavy atom. The Bertz CT molecular complexity index is 358. The summed E-state index contributed by atoms with van der Waals surface area (Å²) in [6, 6.07) is 1.99. The third-order valence-electron chi connectivity index (χ3n) is 1.76. The predicted octanol–water partition coefficient (Wildman–Crippen LogP) is 1.07. The van der Waals surface area contributed by atoms with E-state index >= 15 is 0 Å². The Hall–Kier alpha value is -0.430. The van der Waals surface area contributed by atoms with E-state index in [2.05, 4.69) is 0 Å². The molecule has 6 heteroatoms. The third-order valence-corrected chi connectivity index (χ3v) is 3.19. The van der Waals surface area contributed by atoms with Crippen LogP contribution in [0.25, 0.3) is 0 Å². The molecule has 0 amide bonds. The SMILES string of the molecule is CN(CCS(=O)(=O)O)Cc1ccsc1. The van der Waals surface area contributed by atoms with Gasteiger partial charge in [-0.2, -0.15) is 19.8 Å². The largest absolute Gasteiger partial charge is 0.301 e. The van der Waals surface area contributed by atoms with Crippen molar-refractivity contribution in [3.8, 4) is 0 Å². The molecule has 1 aromatic rings. The van der Waals surface area contributed by atoms with Gasteiger partial charge >= 0.3 is 0 Å². The van der Waals surface area contributed by atoms with Crippen LogP contribution in [-0.4, -0.2) is 37.2 Å². The summed E-state index contributed by atoms with van der Waals surface area (Å²) in [7, 11) is -2.01. The quantitative estimate of drug-likeness (QED) is 0.776. The maximum Gasteiger partial charge on any atom is 0.266 e. The lowest BCUT2D eigenvalue weighted by Gasteiger charge is -2.14. The van der Waals surface area contributed by atoms with Crippen LogP contribution in [0, 0.1) is 0 Å². The van der Waals surface area contributed by atoms with Crippen molar-refractivity contribution in [2.24, 2.45) is 0 Å². The van der Waals surface area contributed by atoms with Crippen LogP contribution in [-0.2, 0) is 16.7 Å². The van der Waals surface area contributed by atoms with Crippen LogP contribution in [0.2, 0.25) is 0 Å². The van der Waals surface area contributed by atoms with Gasteiger partial charge in [-0.3, -0.25) is 4.55 Å². The predicted molar refractivity (Wildman–Crippen MR) is 57.1 cm³/mol. The maximum absolute atomic E-state index is 10.5. The third kappa shape index (κ3) is 4.71. The van der Waals surface area contributed by atoms with Gasteiger partial charge in [0.25, 0.3) is 10.1 Å². The summed E-state index contributed by atoms with van der Waals surface area (Å²) in [5, 5.41) is 4.00. The molecule has 1 aromatic heterocycles. The van der Waals surface area contributed by atoms with E-state index < -0.39 is 10.1 Å². The summed E-state index contributed by atoms with van der Waals surface area (Å²) in [5.41, 5.74) is 1.16.